The number of unbranched alkanes of at least 4 members (excludes halogenated alkanes) is 7. The highest BCUT2D eigenvalue weighted by atomic mass is 15.2. The predicted molar refractivity (Wildman–Crippen MR) is 151 cm³/mol. The fourth-order valence-corrected chi connectivity index (χ4v) is 5.16. The molecular weight excluding hydrogens is 424 g/mol. The summed E-state index contributed by atoms with van der Waals surface area (Å²) in [6, 6.07) is 17.7. The molecule has 0 aromatic heterocycles. The Morgan fingerprint density at radius 2 is 1.00 bits per heavy atom. The maximum atomic E-state index is 11.5. The SMILES string of the molecule is CCCCCCCCC1=C(c2ccc(CCCC)cc2)[N+](=[N-])C(c2ccc(CCCC)cc2)=C1C. The average Bonchev–Trinajstić information content (AvgIpc) is 3.13. The number of hydrogen-bond donors (Lipinski definition) is 0. The minimum Gasteiger partial charge on any atom is -0.493 e. The molecule has 0 fully saturated rings. The molecule has 0 radical (unpaired) electrons. The highest BCUT2D eigenvalue weighted by molar-refractivity contribution is 5.81. The first-order valence-corrected chi connectivity index (χ1v) is 14.2. The van der Waals surface area contributed by atoms with E-state index in [0.29, 0.717) is 0 Å². The minimum atomic E-state index is 0.943. The fraction of sp³-hybridized carbons (Fsp3) is 0.515. The van der Waals surface area contributed by atoms with Crippen molar-refractivity contribution in [2.45, 2.75) is 111 Å². The molecule has 0 saturated heterocycles. The zero-order valence-corrected chi connectivity index (χ0v) is 22.7. The average molecular weight is 471 g/mol. The molecule has 0 bridgehead atoms. The highest BCUT2D eigenvalue weighted by Crippen LogP contribution is 2.42. The van der Waals surface area contributed by atoms with Gasteiger partial charge < -0.3 is 5.53 Å². The molecule has 1 aliphatic heterocycles. The maximum Gasteiger partial charge on any atom is 0.211 e. The zero-order chi connectivity index (χ0) is 25.0. The lowest BCUT2D eigenvalue weighted by molar-refractivity contribution is -0.345. The van der Waals surface area contributed by atoms with Crippen molar-refractivity contribution in [1.29, 1.82) is 0 Å². The first-order chi connectivity index (χ1) is 17.1. The van der Waals surface area contributed by atoms with Gasteiger partial charge >= 0.3 is 0 Å². The van der Waals surface area contributed by atoms with Crippen molar-refractivity contribution >= 4 is 11.4 Å². The normalized spacial score (nSPS) is 13.9. The Hall–Kier alpha value is -2.48. The van der Waals surface area contributed by atoms with E-state index in [1.807, 2.05) is 0 Å². The lowest BCUT2D eigenvalue weighted by atomic mass is 9.95. The fourth-order valence-electron chi connectivity index (χ4n) is 5.16. The summed E-state index contributed by atoms with van der Waals surface area (Å²) in [6.07, 6.45) is 15.8. The first kappa shape index (κ1) is 27.1. The number of benzene rings is 2. The van der Waals surface area contributed by atoms with Crippen LogP contribution in [0.2, 0.25) is 0 Å². The van der Waals surface area contributed by atoms with Crippen LogP contribution in [0, 0.1) is 0 Å². The van der Waals surface area contributed by atoms with Gasteiger partial charge in [-0.25, -0.2) is 4.70 Å². The maximum absolute atomic E-state index is 11.5. The van der Waals surface area contributed by atoms with Crippen LogP contribution in [0.15, 0.2) is 59.7 Å². The van der Waals surface area contributed by atoms with Crippen molar-refractivity contribution in [2.75, 3.05) is 0 Å². The van der Waals surface area contributed by atoms with Gasteiger partial charge in [-0.3, -0.25) is 0 Å². The molecule has 3 rings (SSSR count). The Labute approximate surface area is 214 Å². The van der Waals surface area contributed by atoms with Gasteiger partial charge in [0, 0.05) is 22.3 Å². The van der Waals surface area contributed by atoms with Gasteiger partial charge in [0.1, 0.15) is 0 Å². The second-order valence-electron chi connectivity index (χ2n) is 10.2. The summed E-state index contributed by atoms with van der Waals surface area (Å²) in [5.41, 5.74) is 20.9. The molecule has 0 spiro atoms. The molecule has 0 atom stereocenters. The Balaban J connectivity index is 1.86. The number of allylic oxidation sites excluding steroid dienone is 2. The molecule has 0 aliphatic carbocycles. The summed E-state index contributed by atoms with van der Waals surface area (Å²) < 4.78 is 1.48. The summed E-state index contributed by atoms with van der Waals surface area (Å²) in [4.78, 5) is 0. The molecule has 188 valence electrons. The van der Waals surface area contributed by atoms with Gasteiger partial charge in [-0.15, -0.1) is 0 Å². The first-order valence-electron chi connectivity index (χ1n) is 14.2. The Morgan fingerprint density at radius 1 is 0.543 bits per heavy atom. The van der Waals surface area contributed by atoms with E-state index in [9.17, 15) is 5.53 Å². The summed E-state index contributed by atoms with van der Waals surface area (Å²) in [7, 11) is 0. The van der Waals surface area contributed by atoms with E-state index in [4.69, 9.17) is 0 Å². The summed E-state index contributed by atoms with van der Waals surface area (Å²) in [5.74, 6) is 0. The lowest BCUT2D eigenvalue weighted by Gasteiger charge is -2.11. The number of aryl methyl sites for hydroxylation is 2. The second kappa shape index (κ2) is 14.2. The topological polar surface area (TPSA) is 25.3 Å². The van der Waals surface area contributed by atoms with Crippen LogP contribution in [0.1, 0.15) is 121 Å². The number of hydrogen-bond acceptors (Lipinski definition) is 0. The molecule has 0 unspecified atom stereocenters. The number of rotatable bonds is 15. The van der Waals surface area contributed by atoms with E-state index in [-0.39, 0.29) is 0 Å². The summed E-state index contributed by atoms with van der Waals surface area (Å²) >= 11 is 0. The summed E-state index contributed by atoms with van der Waals surface area (Å²) in [6.45, 7) is 8.94. The van der Waals surface area contributed by atoms with Crippen LogP contribution in [0.4, 0.5) is 0 Å². The van der Waals surface area contributed by atoms with Crippen molar-refractivity contribution < 1.29 is 4.70 Å². The van der Waals surface area contributed by atoms with Crippen LogP contribution in [0.5, 0.6) is 0 Å². The van der Waals surface area contributed by atoms with E-state index in [1.54, 1.807) is 0 Å². The van der Waals surface area contributed by atoms with Gasteiger partial charge in [0.05, 0.1) is 0 Å². The standard InChI is InChI=1S/C33H46N2/c1-5-8-11-12-13-14-17-31-26(4)32(29-22-18-27(19-23-29)15-9-6-2)35(34)33(31)30-24-20-28(21-25-30)16-10-7-3/h18-25H,5-17H2,1-4H3. The predicted octanol–water partition coefficient (Wildman–Crippen LogP) is 10.3. The smallest absolute Gasteiger partial charge is 0.211 e. The van der Waals surface area contributed by atoms with E-state index in [0.717, 1.165) is 41.8 Å². The van der Waals surface area contributed by atoms with Crippen molar-refractivity contribution in [3.05, 3.63) is 87.5 Å². The Bertz CT molecular complexity index is 1010. The minimum absolute atomic E-state index is 0.943. The van der Waals surface area contributed by atoms with Gasteiger partial charge in [0.15, 0.2) is 0 Å². The third kappa shape index (κ3) is 7.26. The summed E-state index contributed by atoms with van der Waals surface area (Å²) in [5, 5.41) is 0. The van der Waals surface area contributed by atoms with Crippen molar-refractivity contribution in [3.63, 3.8) is 0 Å². The molecule has 2 nitrogen and oxygen atoms in total. The molecule has 0 N–H and O–H groups in total. The Morgan fingerprint density at radius 3 is 1.51 bits per heavy atom. The van der Waals surface area contributed by atoms with Crippen LogP contribution in [0.25, 0.3) is 16.9 Å². The Kier molecular flexibility index (Phi) is 11.0. The van der Waals surface area contributed by atoms with E-state index in [1.165, 1.54) is 91.2 Å². The van der Waals surface area contributed by atoms with Gasteiger partial charge in [0.25, 0.3) is 0 Å². The quantitative estimate of drug-likeness (QED) is 0.183. The van der Waals surface area contributed by atoms with Crippen LogP contribution in [0.3, 0.4) is 0 Å². The molecule has 2 aromatic rings. The van der Waals surface area contributed by atoms with Gasteiger partial charge in [-0.2, -0.15) is 0 Å². The van der Waals surface area contributed by atoms with Crippen molar-refractivity contribution in [1.82, 2.24) is 0 Å². The molecule has 2 aromatic carbocycles. The monoisotopic (exact) mass is 470 g/mol. The van der Waals surface area contributed by atoms with Crippen LogP contribution >= 0.6 is 0 Å². The highest BCUT2D eigenvalue weighted by Gasteiger charge is 2.33. The third-order valence-corrected chi connectivity index (χ3v) is 7.39. The molecular formula is C33H46N2. The van der Waals surface area contributed by atoms with Crippen molar-refractivity contribution in [3.8, 4) is 0 Å². The van der Waals surface area contributed by atoms with E-state index < -0.39 is 0 Å². The van der Waals surface area contributed by atoms with E-state index in [2.05, 4.69) is 76.2 Å². The second-order valence-corrected chi connectivity index (χ2v) is 10.2. The lowest BCUT2D eigenvalue weighted by Crippen LogP contribution is -2.03. The van der Waals surface area contributed by atoms with Gasteiger partial charge in [-0.1, -0.05) is 90.0 Å². The van der Waals surface area contributed by atoms with Crippen LogP contribution in [-0.4, -0.2) is 4.70 Å². The third-order valence-electron chi connectivity index (χ3n) is 7.39. The zero-order valence-electron chi connectivity index (χ0n) is 22.7. The van der Waals surface area contributed by atoms with Gasteiger partial charge in [0.2, 0.25) is 11.4 Å². The van der Waals surface area contributed by atoms with Gasteiger partial charge in [-0.05, 0) is 80.8 Å². The molecule has 1 heterocycles. The molecule has 2 heteroatoms. The van der Waals surface area contributed by atoms with Crippen molar-refractivity contribution in [2.24, 2.45) is 0 Å². The molecule has 35 heavy (non-hydrogen) atoms. The van der Waals surface area contributed by atoms with Crippen LogP contribution in [-0.2, 0) is 12.8 Å². The largest absolute Gasteiger partial charge is 0.493 e. The van der Waals surface area contributed by atoms with Crippen LogP contribution < -0.4 is 0 Å². The molecule has 0 saturated carbocycles. The number of nitrogens with zero attached hydrogens (tertiary/aromatic N) is 2. The molecule has 1 aliphatic rings. The molecule has 0 amide bonds. The van der Waals surface area contributed by atoms with E-state index >= 15 is 0 Å².